The second-order valence-corrected chi connectivity index (χ2v) is 3.01. The minimum atomic E-state index is 0.524. The molecule has 0 aromatic carbocycles. The first-order valence-electron chi connectivity index (χ1n) is 3.41. The predicted molar refractivity (Wildman–Crippen MR) is 40.1 cm³/mol. The normalized spacial score (nSPS) is 15.3. The number of hydroxylamine groups is 3. The van der Waals surface area contributed by atoms with E-state index in [1.165, 1.54) is 0 Å². The maximum Gasteiger partial charge on any atom is 0.157 e. The van der Waals surface area contributed by atoms with Crippen molar-refractivity contribution in [1.29, 1.82) is 0 Å². The van der Waals surface area contributed by atoms with E-state index in [9.17, 15) is 0 Å². The highest BCUT2D eigenvalue weighted by Crippen LogP contribution is 1.92. The SMILES string of the molecule is CO[N+](C)(C)CC[NH+](C)[NH-]. The molecule has 0 aromatic rings. The van der Waals surface area contributed by atoms with Crippen LogP contribution in [0.4, 0.5) is 0 Å². The minimum Gasteiger partial charge on any atom is -0.470 e. The molecule has 10 heavy (non-hydrogen) atoms. The second kappa shape index (κ2) is 3.88. The van der Waals surface area contributed by atoms with E-state index in [0.29, 0.717) is 9.66 Å². The Balaban J connectivity index is 3.46. The molecule has 0 amide bonds. The Labute approximate surface area is 62.7 Å². The number of hydrogen-bond donors (Lipinski definition) is 1. The zero-order valence-corrected chi connectivity index (χ0v) is 7.27. The maximum absolute atomic E-state index is 7.18. The molecular weight excluding hydrogens is 130 g/mol. The zero-order chi connectivity index (χ0) is 8.20. The van der Waals surface area contributed by atoms with Gasteiger partial charge in [-0.3, -0.25) is 0 Å². The molecule has 0 aliphatic rings. The van der Waals surface area contributed by atoms with Crippen LogP contribution < -0.4 is 5.01 Å². The molecule has 0 aliphatic carbocycles. The Kier molecular flexibility index (Phi) is 3.81. The van der Waals surface area contributed by atoms with Crippen LogP contribution in [0.25, 0.3) is 5.84 Å². The Bertz CT molecular complexity index is 93.0. The molecule has 4 nitrogen and oxygen atoms in total. The van der Waals surface area contributed by atoms with Crippen molar-refractivity contribution in [3.63, 3.8) is 0 Å². The minimum absolute atomic E-state index is 0.524. The summed E-state index contributed by atoms with van der Waals surface area (Å²) >= 11 is 0. The fourth-order valence-corrected chi connectivity index (χ4v) is 0.528. The van der Waals surface area contributed by atoms with Crippen LogP contribution in [0.3, 0.4) is 0 Å². The van der Waals surface area contributed by atoms with Crippen LogP contribution in [0.2, 0.25) is 0 Å². The van der Waals surface area contributed by atoms with Gasteiger partial charge >= 0.3 is 0 Å². The molecule has 0 aromatic heterocycles. The molecule has 1 unspecified atom stereocenters. The lowest BCUT2D eigenvalue weighted by molar-refractivity contribution is -1.08. The zero-order valence-electron chi connectivity index (χ0n) is 7.27. The first-order chi connectivity index (χ1) is 4.48. The third-order valence-corrected chi connectivity index (χ3v) is 1.52. The number of nitrogens with one attached hydrogen (secondary N) is 2. The highest BCUT2D eigenvalue weighted by molar-refractivity contribution is 4.21. The average Bonchev–Trinajstić information content (AvgIpc) is 1.85. The number of nitrogens with zero attached hydrogens (tertiary/aromatic N) is 1. The van der Waals surface area contributed by atoms with Crippen molar-refractivity contribution in [1.82, 2.24) is 0 Å². The molecule has 0 radical (unpaired) electrons. The van der Waals surface area contributed by atoms with Gasteiger partial charge in [0.1, 0.15) is 6.54 Å². The van der Waals surface area contributed by atoms with Crippen LogP contribution in [0.5, 0.6) is 0 Å². The van der Waals surface area contributed by atoms with Gasteiger partial charge in [0.2, 0.25) is 0 Å². The predicted octanol–water partition coefficient (Wildman–Crippen LogP) is -0.894. The van der Waals surface area contributed by atoms with E-state index in [4.69, 9.17) is 10.7 Å². The van der Waals surface area contributed by atoms with Gasteiger partial charge in [-0.2, -0.15) is 4.65 Å². The third kappa shape index (κ3) is 4.69. The number of hydrogen-bond acceptors (Lipinski definition) is 1. The van der Waals surface area contributed by atoms with Crippen molar-refractivity contribution in [3.05, 3.63) is 5.84 Å². The van der Waals surface area contributed by atoms with Crippen molar-refractivity contribution < 1.29 is 14.5 Å². The van der Waals surface area contributed by atoms with Gasteiger partial charge < -0.3 is 10.9 Å². The van der Waals surface area contributed by atoms with Gasteiger partial charge in [0, 0.05) is 0 Å². The monoisotopic (exact) mass is 148 g/mol. The molecule has 2 N–H and O–H groups in total. The van der Waals surface area contributed by atoms with Gasteiger partial charge in [0.05, 0.1) is 28.3 Å². The standard InChI is InChI=1S/C6H18N3O/c1-8(7)5-6-9(2,3)10-4/h7-8H,5-6H2,1-4H3/q+1. The molecule has 0 fully saturated rings. The Morgan fingerprint density at radius 2 is 2.00 bits per heavy atom. The van der Waals surface area contributed by atoms with E-state index in [-0.39, 0.29) is 0 Å². The summed E-state index contributed by atoms with van der Waals surface area (Å²) in [6.45, 7) is 1.67. The van der Waals surface area contributed by atoms with Gasteiger partial charge in [0.25, 0.3) is 0 Å². The summed E-state index contributed by atoms with van der Waals surface area (Å²) in [6.07, 6.45) is 0. The largest absolute Gasteiger partial charge is 0.470 e. The molecule has 0 heterocycles. The lowest BCUT2D eigenvalue weighted by atomic mass is 10.5. The lowest BCUT2D eigenvalue weighted by Crippen LogP contribution is -3.03. The molecular formula is C6H18N3O+. The summed E-state index contributed by atoms with van der Waals surface area (Å²) in [6, 6.07) is 0. The van der Waals surface area contributed by atoms with Crippen LogP contribution in [0.15, 0.2) is 0 Å². The first kappa shape index (κ1) is 9.84. The van der Waals surface area contributed by atoms with Gasteiger partial charge in [-0.25, -0.2) is 4.84 Å². The summed E-state index contributed by atoms with van der Waals surface area (Å²) in [7, 11) is 7.45. The number of rotatable bonds is 4. The van der Waals surface area contributed by atoms with E-state index in [1.54, 1.807) is 7.11 Å². The highest BCUT2D eigenvalue weighted by atomic mass is 16.7. The van der Waals surface area contributed by atoms with Crippen LogP contribution in [0, 0.1) is 0 Å². The van der Waals surface area contributed by atoms with Gasteiger partial charge in [-0.05, 0) is 0 Å². The third-order valence-electron chi connectivity index (χ3n) is 1.52. The second-order valence-electron chi connectivity index (χ2n) is 3.01. The molecule has 1 atom stereocenters. The lowest BCUT2D eigenvalue weighted by Gasteiger charge is -2.26. The Morgan fingerprint density at radius 3 is 2.30 bits per heavy atom. The van der Waals surface area contributed by atoms with E-state index in [0.717, 1.165) is 13.1 Å². The summed E-state index contributed by atoms with van der Waals surface area (Å²) in [4.78, 5) is 5.13. The first-order valence-corrected chi connectivity index (χ1v) is 3.41. The van der Waals surface area contributed by atoms with Crippen molar-refractivity contribution in [2.75, 3.05) is 41.3 Å². The maximum atomic E-state index is 7.18. The summed E-state index contributed by atoms with van der Waals surface area (Å²) < 4.78 is 0.524. The fourth-order valence-electron chi connectivity index (χ4n) is 0.528. The van der Waals surface area contributed by atoms with Crippen molar-refractivity contribution in [2.24, 2.45) is 0 Å². The molecule has 0 bridgehead atoms. The quantitative estimate of drug-likeness (QED) is 0.407. The fraction of sp³-hybridized carbons (Fsp3) is 1.00. The van der Waals surface area contributed by atoms with Gasteiger partial charge in [-0.1, -0.05) is 0 Å². The van der Waals surface area contributed by atoms with Gasteiger partial charge in [0.15, 0.2) is 6.54 Å². The highest BCUT2D eigenvalue weighted by Gasteiger charge is 2.14. The van der Waals surface area contributed by atoms with Crippen molar-refractivity contribution in [2.45, 2.75) is 0 Å². The van der Waals surface area contributed by atoms with Crippen LogP contribution in [-0.4, -0.2) is 46.0 Å². The molecule has 0 saturated carbocycles. The van der Waals surface area contributed by atoms with E-state index in [2.05, 4.69) is 0 Å². The molecule has 0 saturated heterocycles. The summed E-state index contributed by atoms with van der Waals surface area (Å²) in [5.74, 6) is 7.18. The van der Waals surface area contributed by atoms with Crippen molar-refractivity contribution >= 4 is 0 Å². The molecule has 62 valence electrons. The van der Waals surface area contributed by atoms with Crippen LogP contribution >= 0.6 is 0 Å². The van der Waals surface area contributed by atoms with E-state index >= 15 is 0 Å². The summed E-state index contributed by atoms with van der Waals surface area (Å²) in [5.41, 5.74) is 0. The van der Waals surface area contributed by atoms with Gasteiger partial charge in [-0.15, -0.1) is 0 Å². The molecule has 0 rings (SSSR count). The topological polar surface area (TPSA) is 37.5 Å². The Morgan fingerprint density at radius 1 is 1.50 bits per heavy atom. The van der Waals surface area contributed by atoms with Crippen LogP contribution in [-0.2, 0) is 4.84 Å². The average molecular weight is 148 g/mol. The molecule has 0 aliphatic heterocycles. The summed E-state index contributed by atoms with van der Waals surface area (Å²) in [5, 5.41) is 0.711. The molecule has 4 heteroatoms. The molecule has 0 spiro atoms. The van der Waals surface area contributed by atoms with Crippen LogP contribution in [0.1, 0.15) is 0 Å². The van der Waals surface area contributed by atoms with E-state index < -0.39 is 0 Å². The number of likely N-dealkylation sites (N-methyl/N-ethyl adjacent to an activating group) is 2. The van der Waals surface area contributed by atoms with Crippen molar-refractivity contribution in [3.8, 4) is 0 Å². The number of quaternary nitrogens is 2. The van der Waals surface area contributed by atoms with E-state index in [1.807, 2.05) is 21.1 Å². The smallest absolute Gasteiger partial charge is 0.157 e. The Hall–Kier alpha value is -0.160.